The zero-order valence-corrected chi connectivity index (χ0v) is 16.7. The third-order valence-corrected chi connectivity index (χ3v) is 13.6. The van der Waals surface area contributed by atoms with E-state index < -0.39 is 26.4 Å². The van der Waals surface area contributed by atoms with Crippen LogP contribution in [0.1, 0.15) is 19.3 Å². The summed E-state index contributed by atoms with van der Waals surface area (Å²) >= 11 is 0. The predicted octanol–water partition coefficient (Wildman–Crippen LogP) is 2.51. The van der Waals surface area contributed by atoms with E-state index in [1.165, 1.54) is 18.9 Å². The summed E-state index contributed by atoms with van der Waals surface area (Å²) in [6.45, 7) is 5.35. The SMILES string of the molecule is CO[Si](CCC[Si]1(C)OCCCC[SiH](C)O1)(OC)OC. The Morgan fingerprint density at radius 3 is 2.40 bits per heavy atom. The zero-order valence-electron chi connectivity index (χ0n) is 13.6. The van der Waals surface area contributed by atoms with Gasteiger partial charge in [0.15, 0.2) is 9.04 Å². The highest BCUT2D eigenvalue weighted by Gasteiger charge is 2.40. The van der Waals surface area contributed by atoms with Crippen molar-refractivity contribution in [2.45, 2.75) is 50.5 Å². The minimum Gasteiger partial charge on any atom is -0.439 e. The highest BCUT2D eigenvalue weighted by molar-refractivity contribution is 6.74. The Morgan fingerprint density at radius 1 is 1.15 bits per heavy atom. The third kappa shape index (κ3) is 5.68. The van der Waals surface area contributed by atoms with Crippen molar-refractivity contribution >= 4 is 26.4 Å². The molecule has 0 aromatic rings. The van der Waals surface area contributed by atoms with Gasteiger partial charge in [0.1, 0.15) is 0 Å². The van der Waals surface area contributed by atoms with Crippen LogP contribution < -0.4 is 0 Å². The van der Waals surface area contributed by atoms with E-state index in [4.69, 9.17) is 21.8 Å². The fraction of sp³-hybridized carbons (Fsp3) is 1.00. The van der Waals surface area contributed by atoms with E-state index in [-0.39, 0.29) is 0 Å². The van der Waals surface area contributed by atoms with E-state index in [1.807, 2.05) is 0 Å². The van der Waals surface area contributed by atoms with Crippen LogP contribution in [0.15, 0.2) is 0 Å². The van der Waals surface area contributed by atoms with Gasteiger partial charge in [0, 0.05) is 34.0 Å². The standard InChI is InChI=1S/C12H30O5Si3/c1-13-20(14-2,15-3)12-8-11-19(5)16-9-6-7-10-18(4)17-19/h18H,6-12H2,1-5H3. The second-order valence-electron chi connectivity index (χ2n) is 5.56. The van der Waals surface area contributed by atoms with Crippen LogP contribution in [0.3, 0.4) is 0 Å². The van der Waals surface area contributed by atoms with Gasteiger partial charge in [0.05, 0.1) is 0 Å². The molecule has 5 nitrogen and oxygen atoms in total. The van der Waals surface area contributed by atoms with Gasteiger partial charge in [0.25, 0.3) is 0 Å². The van der Waals surface area contributed by atoms with Crippen LogP contribution in [-0.2, 0) is 21.8 Å². The van der Waals surface area contributed by atoms with E-state index in [0.717, 1.165) is 25.1 Å². The largest absolute Gasteiger partial charge is 0.500 e. The number of hydrogen-bond donors (Lipinski definition) is 0. The van der Waals surface area contributed by atoms with Crippen LogP contribution in [-0.4, -0.2) is 54.3 Å². The lowest BCUT2D eigenvalue weighted by Crippen LogP contribution is -2.46. The van der Waals surface area contributed by atoms with Crippen molar-refractivity contribution < 1.29 is 21.8 Å². The molecule has 1 aliphatic rings. The van der Waals surface area contributed by atoms with Crippen molar-refractivity contribution in [1.29, 1.82) is 0 Å². The summed E-state index contributed by atoms with van der Waals surface area (Å²) in [5.74, 6) is 0. The maximum Gasteiger partial charge on any atom is 0.500 e. The van der Waals surface area contributed by atoms with Crippen LogP contribution in [0, 0.1) is 0 Å². The summed E-state index contributed by atoms with van der Waals surface area (Å²) < 4.78 is 28.8. The molecule has 1 saturated heterocycles. The maximum absolute atomic E-state index is 6.34. The highest BCUT2D eigenvalue weighted by atomic mass is 28.4. The normalized spacial score (nSPS) is 28.9. The topological polar surface area (TPSA) is 46.2 Å². The molecule has 0 spiro atoms. The lowest BCUT2D eigenvalue weighted by Gasteiger charge is -2.33. The zero-order chi connectivity index (χ0) is 15.1. The first-order chi connectivity index (χ1) is 9.49. The first-order valence-electron chi connectivity index (χ1n) is 7.46. The quantitative estimate of drug-likeness (QED) is 0.668. The van der Waals surface area contributed by atoms with E-state index in [2.05, 4.69) is 13.1 Å². The molecule has 0 N–H and O–H groups in total. The molecule has 8 heteroatoms. The molecule has 2 unspecified atom stereocenters. The molecule has 0 aromatic carbocycles. The molecule has 0 bridgehead atoms. The van der Waals surface area contributed by atoms with E-state index in [9.17, 15) is 0 Å². The molecule has 120 valence electrons. The summed E-state index contributed by atoms with van der Waals surface area (Å²) in [6.07, 6.45) is 3.41. The van der Waals surface area contributed by atoms with Crippen molar-refractivity contribution in [1.82, 2.24) is 0 Å². The number of hydrogen-bond acceptors (Lipinski definition) is 5. The lowest BCUT2D eigenvalue weighted by molar-refractivity contribution is 0.123. The Kier molecular flexibility index (Phi) is 8.13. The summed E-state index contributed by atoms with van der Waals surface area (Å²) in [7, 11) is -0.512. The summed E-state index contributed by atoms with van der Waals surface area (Å²) in [5, 5.41) is 0. The van der Waals surface area contributed by atoms with Gasteiger partial charge in [-0.05, 0) is 38.0 Å². The molecule has 0 saturated carbocycles. The molecule has 1 fully saturated rings. The Hall–Kier alpha value is 0.451. The Labute approximate surface area is 127 Å². The molecule has 0 aliphatic carbocycles. The first-order valence-corrected chi connectivity index (χ1v) is 14.4. The Morgan fingerprint density at radius 2 is 1.80 bits per heavy atom. The van der Waals surface area contributed by atoms with Crippen molar-refractivity contribution in [3.8, 4) is 0 Å². The van der Waals surface area contributed by atoms with Gasteiger partial charge in [-0.2, -0.15) is 0 Å². The van der Waals surface area contributed by atoms with Crippen molar-refractivity contribution in [3.05, 3.63) is 0 Å². The van der Waals surface area contributed by atoms with Gasteiger partial charge in [-0.3, -0.25) is 0 Å². The summed E-state index contributed by atoms with van der Waals surface area (Å²) in [6, 6.07) is 3.09. The Balaban J connectivity index is 2.48. The second kappa shape index (κ2) is 8.79. The van der Waals surface area contributed by atoms with E-state index >= 15 is 0 Å². The van der Waals surface area contributed by atoms with Crippen LogP contribution in [0.2, 0.25) is 31.2 Å². The van der Waals surface area contributed by atoms with Crippen LogP contribution in [0.5, 0.6) is 0 Å². The van der Waals surface area contributed by atoms with Crippen molar-refractivity contribution in [3.63, 3.8) is 0 Å². The molecule has 1 heterocycles. The average Bonchev–Trinajstić information content (AvgIpc) is 2.42. The molecular weight excluding hydrogens is 308 g/mol. The van der Waals surface area contributed by atoms with Gasteiger partial charge < -0.3 is 21.8 Å². The minimum absolute atomic E-state index is 0.821. The van der Waals surface area contributed by atoms with Gasteiger partial charge in [-0.15, -0.1) is 0 Å². The molecule has 20 heavy (non-hydrogen) atoms. The molecule has 0 radical (unpaired) electrons. The van der Waals surface area contributed by atoms with E-state index in [0.29, 0.717) is 0 Å². The van der Waals surface area contributed by atoms with Gasteiger partial charge in [0.2, 0.25) is 0 Å². The fourth-order valence-corrected chi connectivity index (χ4v) is 11.8. The second-order valence-corrected chi connectivity index (χ2v) is 14.8. The fourth-order valence-electron chi connectivity index (χ4n) is 2.65. The third-order valence-electron chi connectivity index (χ3n) is 3.91. The molecule has 1 aliphatic heterocycles. The monoisotopic (exact) mass is 338 g/mol. The lowest BCUT2D eigenvalue weighted by atomic mass is 10.4. The summed E-state index contributed by atoms with van der Waals surface area (Å²) in [4.78, 5) is 0. The average molecular weight is 339 g/mol. The molecule has 1 rings (SSSR count). The molecule has 0 aromatic heterocycles. The Bertz CT molecular complexity index is 270. The first kappa shape index (κ1) is 18.5. The maximum atomic E-state index is 6.34. The summed E-state index contributed by atoms with van der Waals surface area (Å²) in [5.41, 5.74) is 0. The van der Waals surface area contributed by atoms with Crippen molar-refractivity contribution in [2.24, 2.45) is 0 Å². The van der Waals surface area contributed by atoms with Gasteiger partial charge >= 0.3 is 17.4 Å². The van der Waals surface area contributed by atoms with E-state index in [1.54, 1.807) is 21.3 Å². The molecule has 2 atom stereocenters. The number of rotatable bonds is 7. The van der Waals surface area contributed by atoms with Crippen molar-refractivity contribution in [2.75, 3.05) is 27.9 Å². The predicted molar refractivity (Wildman–Crippen MR) is 86.7 cm³/mol. The minimum atomic E-state index is -2.45. The molecule has 0 amide bonds. The highest BCUT2D eigenvalue weighted by Crippen LogP contribution is 2.25. The van der Waals surface area contributed by atoms with Crippen LogP contribution in [0.4, 0.5) is 0 Å². The van der Waals surface area contributed by atoms with Crippen LogP contribution in [0.25, 0.3) is 0 Å². The smallest absolute Gasteiger partial charge is 0.439 e. The van der Waals surface area contributed by atoms with Crippen LogP contribution >= 0.6 is 0 Å². The van der Waals surface area contributed by atoms with Gasteiger partial charge in [-0.1, -0.05) is 6.42 Å². The molecular formula is C12H30O5Si3. The van der Waals surface area contributed by atoms with Gasteiger partial charge in [-0.25, -0.2) is 0 Å².